The molecule has 0 amide bonds. The van der Waals surface area contributed by atoms with E-state index in [9.17, 15) is 0 Å². The Hall–Kier alpha value is -1.04. The first-order chi connectivity index (χ1) is 16.3. The fourth-order valence-electron chi connectivity index (χ4n) is 6.42. The molecule has 0 nitrogen and oxygen atoms in total. The molecule has 0 heteroatoms. The molecule has 1 fully saturated rings. The normalized spacial score (nSPS) is 23.5. The van der Waals surface area contributed by atoms with Gasteiger partial charge in [-0.05, 0) is 79.4 Å². The van der Waals surface area contributed by atoms with E-state index in [1.54, 1.807) is 11.1 Å². The summed E-state index contributed by atoms with van der Waals surface area (Å²) in [6.45, 7) is 4.63. The van der Waals surface area contributed by atoms with Crippen molar-refractivity contribution in [1.29, 1.82) is 0 Å². The molecule has 1 atom stereocenters. The summed E-state index contributed by atoms with van der Waals surface area (Å²) in [7, 11) is 0. The molecule has 1 aromatic rings. The number of unbranched alkanes of at least 4 members (excludes halogenated alkanes) is 9. The Morgan fingerprint density at radius 1 is 0.606 bits per heavy atom. The largest absolute Gasteiger partial charge is 0.0804 e. The van der Waals surface area contributed by atoms with Crippen LogP contribution in [-0.2, 0) is 0 Å². The highest BCUT2D eigenvalue weighted by Gasteiger charge is 2.22. The Balaban J connectivity index is 1.33. The van der Waals surface area contributed by atoms with E-state index >= 15 is 0 Å². The number of benzene rings is 1. The van der Waals surface area contributed by atoms with Crippen molar-refractivity contribution in [2.24, 2.45) is 11.8 Å². The summed E-state index contributed by atoms with van der Waals surface area (Å²) in [5.74, 6) is 2.77. The molecule has 186 valence electrons. The minimum atomic E-state index is 0.817. The molecule has 0 heterocycles. The van der Waals surface area contributed by atoms with Gasteiger partial charge in [0.1, 0.15) is 0 Å². The minimum Gasteiger partial charge on any atom is -0.0804 e. The number of allylic oxidation sites excluding steroid dienone is 2. The first-order valence-corrected chi connectivity index (χ1v) is 15.1. The van der Waals surface area contributed by atoms with Gasteiger partial charge >= 0.3 is 0 Å². The van der Waals surface area contributed by atoms with Gasteiger partial charge in [-0.1, -0.05) is 128 Å². The summed E-state index contributed by atoms with van der Waals surface area (Å²) in [6, 6.07) is 9.80. The predicted molar refractivity (Wildman–Crippen MR) is 148 cm³/mol. The summed E-state index contributed by atoms with van der Waals surface area (Å²) in [4.78, 5) is 0. The van der Waals surface area contributed by atoms with Gasteiger partial charge in [0.05, 0.1) is 0 Å². The Kier molecular flexibility index (Phi) is 12.7. The maximum absolute atomic E-state index is 2.58. The Labute approximate surface area is 207 Å². The van der Waals surface area contributed by atoms with Crippen molar-refractivity contribution in [2.75, 3.05) is 0 Å². The third kappa shape index (κ3) is 9.62. The molecule has 33 heavy (non-hydrogen) atoms. The smallest absolute Gasteiger partial charge is 0.0162 e. The monoisotopic (exact) mass is 450 g/mol. The summed E-state index contributed by atoms with van der Waals surface area (Å²) < 4.78 is 0. The second-order valence-corrected chi connectivity index (χ2v) is 11.5. The van der Waals surface area contributed by atoms with Crippen LogP contribution in [0.5, 0.6) is 0 Å². The van der Waals surface area contributed by atoms with Crippen LogP contribution in [0.4, 0.5) is 0 Å². The summed E-state index contributed by atoms with van der Waals surface area (Å²) in [6.07, 6.45) is 31.1. The van der Waals surface area contributed by atoms with Gasteiger partial charge in [-0.15, -0.1) is 0 Å². The number of rotatable bonds is 15. The third-order valence-electron chi connectivity index (χ3n) is 8.80. The molecule has 2 aliphatic rings. The van der Waals surface area contributed by atoms with Crippen LogP contribution in [0.1, 0.15) is 159 Å². The minimum absolute atomic E-state index is 0.817. The topological polar surface area (TPSA) is 0 Å². The lowest BCUT2D eigenvalue weighted by atomic mass is 9.76. The summed E-state index contributed by atoms with van der Waals surface area (Å²) in [5, 5.41) is 0. The quantitative estimate of drug-likeness (QED) is 0.233. The van der Waals surface area contributed by atoms with Gasteiger partial charge in [-0.3, -0.25) is 0 Å². The zero-order valence-electron chi connectivity index (χ0n) is 22.3. The van der Waals surface area contributed by atoms with E-state index in [0.29, 0.717) is 0 Å². The van der Waals surface area contributed by atoms with E-state index in [1.165, 1.54) is 134 Å². The maximum Gasteiger partial charge on any atom is -0.0162 e. The second-order valence-electron chi connectivity index (χ2n) is 11.5. The van der Waals surface area contributed by atoms with Crippen molar-refractivity contribution >= 4 is 5.57 Å². The van der Waals surface area contributed by atoms with Crippen molar-refractivity contribution in [2.45, 2.75) is 148 Å². The van der Waals surface area contributed by atoms with E-state index in [1.807, 2.05) is 0 Å². The molecule has 0 spiro atoms. The van der Waals surface area contributed by atoms with Gasteiger partial charge in [0, 0.05) is 0 Å². The van der Waals surface area contributed by atoms with Crippen molar-refractivity contribution in [3.63, 3.8) is 0 Å². The van der Waals surface area contributed by atoms with Crippen molar-refractivity contribution in [1.82, 2.24) is 0 Å². The van der Waals surface area contributed by atoms with Gasteiger partial charge in [0.25, 0.3) is 0 Å². The molecular weight excluding hydrogens is 396 g/mol. The van der Waals surface area contributed by atoms with Crippen LogP contribution in [0, 0.1) is 11.8 Å². The van der Waals surface area contributed by atoms with Crippen LogP contribution in [-0.4, -0.2) is 0 Å². The SMILES string of the molecule is CCCCCCCCCCC1CC=C(c2ccc([C@H]3CC[C@H](CCCCC)CC3)cc2)CC1. The molecule has 3 rings (SSSR count). The van der Waals surface area contributed by atoms with Gasteiger partial charge in [-0.2, -0.15) is 0 Å². The van der Waals surface area contributed by atoms with Crippen LogP contribution in [0.25, 0.3) is 5.57 Å². The lowest BCUT2D eigenvalue weighted by Crippen LogP contribution is -2.13. The van der Waals surface area contributed by atoms with Crippen LogP contribution in [0.15, 0.2) is 30.3 Å². The zero-order chi connectivity index (χ0) is 23.1. The van der Waals surface area contributed by atoms with Crippen LogP contribution < -0.4 is 0 Å². The third-order valence-corrected chi connectivity index (χ3v) is 8.80. The van der Waals surface area contributed by atoms with Crippen LogP contribution in [0.2, 0.25) is 0 Å². The van der Waals surface area contributed by atoms with Crippen molar-refractivity contribution in [3.05, 3.63) is 41.5 Å². The first-order valence-electron chi connectivity index (χ1n) is 15.1. The molecule has 0 bridgehead atoms. The van der Waals surface area contributed by atoms with E-state index in [-0.39, 0.29) is 0 Å². The molecular formula is C33H54. The average molecular weight is 451 g/mol. The van der Waals surface area contributed by atoms with Gasteiger partial charge in [0.15, 0.2) is 0 Å². The van der Waals surface area contributed by atoms with Crippen LogP contribution in [0.3, 0.4) is 0 Å². The van der Waals surface area contributed by atoms with Gasteiger partial charge in [0.2, 0.25) is 0 Å². The Bertz CT molecular complexity index is 643. The average Bonchev–Trinajstić information content (AvgIpc) is 2.87. The van der Waals surface area contributed by atoms with Gasteiger partial charge < -0.3 is 0 Å². The van der Waals surface area contributed by atoms with Crippen LogP contribution >= 0.6 is 0 Å². The standard InChI is InChI=1S/C33H54/c1-3-5-7-8-9-10-11-13-15-29-18-22-31(23-19-29)33-26-24-32(25-27-33)30-20-16-28(17-21-30)14-12-6-4-2/h22,24-30H,3-21,23H2,1-2H3/t28-,29?,30-. The lowest BCUT2D eigenvalue weighted by Gasteiger charge is -2.29. The highest BCUT2D eigenvalue weighted by molar-refractivity contribution is 5.66. The molecule has 0 aliphatic heterocycles. The summed E-state index contributed by atoms with van der Waals surface area (Å²) >= 11 is 0. The van der Waals surface area contributed by atoms with E-state index in [2.05, 4.69) is 44.2 Å². The van der Waals surface area contributed by atoms with Gasteiger partial charge in [-0.25, -0.2) is 0 Å². The van der Waals surface area contributed by atoms with E-state index < -0.39 is 0 Å². The molecule has 1 saturated carbocycles. The molecule has 0 aromatic heterocycles. The highest BCUT2D eigenvalue weighted by atomic mass is 14.3. The fourth-order valence-corrected chi connectivity index (χ4v) is 6.42. The fraction of sp³-hybridized carbons (Fsp3) is 0.758. The zero-order valence-corrected chi connectivity index (χ0v) is 22.3. The number of hydrogen-bond donors (Lipinski definition) is 0. The molecule has 0 N–H and O–H groups in total. The molecule has 0 saturated heterocycles. The van der Waals surface area contributed by atoms with Crippen molar-refractivity contribution in [3.8, 4) is 0 Å². The Morgan fingerprint density at radius 3 is 1.82 bits per heavy atom. The second kappa shape index (κ2) is 15.8. The molecule has 1 aromatic carbocycles. The maximum atomic E-state index is 2.58. The first kappa shape index (κ1) is 26.6. The highest BCUT2D eigenvalue weighted by Crippen LogP contribution is 2.39. The predicted octanol–water partition coefficient (Wildman–Crippen LogP) is 11.3. The number of hydrogen-bond acceptors (Lipinski definition) is 0. The molecule has 2 aliphatic carbocycles. The van der Waals surface area contributed by atoms with Crippen molar-refractivity contribution < 1.29 is 0 Å². The molecule has 0 radical (unpaired) electrons. The Morgan fingerprint density at radius 2 is 1.18 bits per heavy atom. The van der Waals surface area contributed by atoms with E-state index in [4.69, 9.17) is 0 Å². The lowest BCUT2D eigenvalue weighted by molar-refractivity contribution is 0.303. The molecule has 1 unspecified atom stereocenters. The van der Waals surface area contributed by atoms with E-state index in [0.717, 1.165) is 17.8 Å². The summed E-state index contributed by atoms with van der Waals surface area (Å²) in [5.41, 5.74) is 4.72.